The van der Waals surface area contributed by atoms with Crippen LogP contribution in [-0.4, -0.2) is 36.0 Å². The molecule has 0 atom stereocenters. The minimum absolute atomic E-state index is 0.0370. The highest BCUT2D eigenvalue weighted by atomic mass is 35.5. The second-order valence-electron chi connectivity index (χ2n) is 4.66. The summed E-state index contributed by atoms with van der Waals surface area (Å²) in [5.41, 5.74) is 0.824. The number of rotatable bonds is 6. The Labute approximate surface area is 133 Å². The smallest absolute Gasteiger partial charge is 0.228 e. The van der Waals surface area contributed by atoms with E-state index in [0.717, 1.165) is 10.7 Å². The Morgan fingerprint density at radius 3 is 2.95 bits per heavy atom. The van der Waals surface area contributed by atoms with Crippen LogP contribution in [0.25, 0.3) is 0 Å². The number of thiazole rings is 1. The van der Waals surface area contributed by atoms with E-state index in [-0.39, 0.29) is 5.91 Å². The van der Waals surface area contributed by atoms with Crippen LogP contribution >= 0.6 is 22.9 Å². The van der Waals surface area contributed by atoms with Gasteiger partial charge in [0.2, 0.25) is 5.91 Å². The van der Waals surface area contributed by atoms with Gasteiger partial charge in [-0.25, -0.2) is 4.98 Å². The highest BCUT2D eigenvalue weighted by molar-refractivity contribution is 7.09. The molecule has 2 rings (SSSR count). The number of aryl methyl sites for hydroxylation is 1. The molecule has 6 heteroatoms. The molecule has 0 bridgehead atoms. The van der Waals surface area contributed by atoms with Crippen molar-refractivity contribution < 1.29 is 9.53 Å². The molecule has 0 aliphatic carbocycles. The van der Waals surface area contributed by atoms with Gasteiger partial charge in [0.15, 0.2) is 0 Å². The first kappa shape index (κ1) is 15.8. The largest absolute Gasteiger partial charge is 0.492 e. The van der Waals surface area contributed by atoms with Crippen molar-refractivity contribution in [3.63, 3.8) is 0 Å². The number of nitrogens with zero attached hydrogens (tertiary/aromatic N) is 2. The first-order chi connectivity index (χ1) is 10.0. The molecule has 1 aromatic carbocycles. The van der Waals surface area contributed by atoms with Crippen molar-refractivity contribution in [3.05, 3.63) is 45.4 Å². The molecule has 0 spiro atoms. The van der Waals surface area contributed by atoms with E-state index >= 15 is 0 Å². The molecular formula is C15H17ClN2O2S. The molecule has 0 radical (unpaired) electrons. The van der Waals surface area contributed by atoms with Crippen LogP contribution in [0.5, 0.6) is 5.75 Å². The maximum atomic E-state index is 12.0. The number of carbonyl (C=O) groups excluding carboxylic acids is 1. The van der Waals surface area contributed by atoms with Crippen LogP contribution in [0.1, 0.15) is 10.7 Å². The molecule has 0 fully saturated rings. The molecule has 0 unspecified atom stereocenters. The van der Waals surface area contributed by atoms with Crippen molar-refractivity contribution in [1.82, 2.24) is 9.88 Å². The lowest BCUT2D eigenvalue weighted by atomic mass is 10.3. The van der Waals surface area contributed by atoms with Crippen molar-refractivity contribution in [2.45, 2.75) is 13.3 Å². The minimum atomic E-state index is 0.0370. The zero-order valence-electron chi connectivity index (χ0n) is 12.0. The number of likely N-dealkylation sites (N-methyl/N-ethyl adjacent to an activating group) is 1. The summed E-state index contributed by atoms with van der Waals surface area (Å²) in [6.07, 6.45) is 0.331. The quantitative estimate of drug-likeness (QED) is 0.819. The van der Waals surface area contributed by atoms with Gasteiger partial charge in [0.05, 0.1) is 23.7 Å². The molecule has 0 saturated carbocycles. The number of hydrogen-bond acceptors (Lipinski definition) is 4. The van der Waals surface area contributed by atoms with E-state index in [0.29, 0.717) is 30.3 Å². The summed E-state index contributed by atoms with van der Waals surface area (Å²) in [6, 6.07) is 7.21. The Kier molecular flexibility index (Phi) is 5.59. The molecule has 0 aliphatic rings. The maximum absolute atomic E-state index is 12.0. The van der Waals surface area contributed by atoms with Crippen LogP contribution in [0.15, 0.2) is 29.6 Å². The van der Waals surface area contributed by atoms with Crippen molar-refractivity contribution in [1.29, 1.82) is 0 Å². The lowest BCUT2D eigenvalue weighted by Crippen LogP contribution is -2.32. The zero-order valence-corrected chi connectivity index (χ0v) is 13.6. The van der Waals surface area contributed by atoms with Crippen molar-refractivity contribution in [2.24, 2.45) is 0 Å². The number of carbonyl (C=O) groups is 1. The van der Waals surface area contributed by atoms with E-state index < -0.39 is 0 Å². The molecule has 1 aromatic heterocycles. The third-order valence-electron chi connectivity index (χ3n) is 2.92. The van der Waals surface area contributed by atoms with Crippen LogP contribution in [-0.2, 0) is 11.2 Å². The summed E-state index contributed by atoms with van der Waals surface area (Å²) in [5, 5.41) is 3.53. The van der Waals surface area contributed by atoms with Crippen LogP contribution in [0.4, 0.5) is 0 Å². The molecule has 1 amide bonds. The average molecular weight is 325 g/mol. The van der Waals surface area contributed by atoms with E-state index in [1.165, 1.54) is 0 Å². The van der Waals surface area contributed by atoms with Gasteiger partial charge in [0.25, 0.3) is 0 Å². The lowest BCUT2D eigenvalue weighted by Gasteiger charge is -2.17. The third kappa shape index (κ3) is 5.02. The monoisotopic (exact) mass is 324 g/mol. The molecule has 0 aliphatic heterocycles. The summed E-state index contributed by atoms with van der Waals surface area (Å²) in [6.45, 7) is 2.88. The topological polar surface area (TPSA) is 42.4 Å². The summed E-state index contributed by atoms with van der Waals surface area (Å²) in [5.74, 6) is 0.744. The van der Waals surface area contributed by atoms with E-state index in [1.54, 1.807) is 35.4 Å². The minimum Gasteiger partial charge on any atom is -0.492 e. The first-order valence-corrected chi connectivity index (χ1v) is 7.83. The standard InChI is InChI=1S/C15H17ClN2O2S/c1-11-17-13(10-21-11)9-15(19)18(2)6-7-20-14-5-3-4-12(16)8-14/h3-5,8,10H,6-7,9H2,1-2H3. The molecule has 0 N–H and O–H groups in total. The second kappa shape index (κ2) is 7.43. The molecule has 21 heavy (non-hydrogen) atoms. The fourth-order valence-electron chi connectivity index (χ4n) is 1.76. The highest BCUT2D eigenvalue weighted by Gasteiger charge is 2.11. The maximum Gasteiger partial charge on any atom is 0.228 e. The SMILES string of the molecule is Cc1nc(CC(=O)N(C)CCOc2cccc(Cl)c2)cs1. The zero-order chi connectivity index (χ0) is 15.2. The fraction of sp³-hybridized carbons (Fsp3) is 0.333. The number of halogens is 1. The normalized spacial score (nSPS) is 10.4. The van der Waals surface area contributed by atoms with Gasteiger partial charge in [-0.2, -0.15) is 0 Å². The summed E-state index contributed by atoms with van der Waals surface area (Å²) in [7, 11) is 1.77. The Hall–Kier alpha value is -1.59. The van der Waals surface area contributed by atoms with Crippen molar-refractivity contribution in [3.8, 4) is 5.75 Å². The van der Waals surface area contributed by atoms with E-state index in [4.69, 9.17) is 16.3 Å². The Morgan fingerprint density at radius 1 is 1.48 bits per heavy atom. The summed E-state index contributed by atoms with van der Waals surface area (Å²) in [4.78, 5) is 18.0. The fourth-order valence-corrected chi connectivity index (χ4v) is 2.55. The van der Waals surface area contributed by atoms with Crippen LogP contribution < -0.4 is 4.74 Å². The van der Waals surface area contributed by atoms with E-state index in [2.05, 4.69) is 4.98 Å². The van der Waals surface area contributed by atoms with Gasteiger partial charge in [-0.3, -0.25) is 4.79 Å². The molecule has 2 aromatic rings. The van der Waals surface area contributed by atoms with Crippen molar-refractivity contribution in [2.75, 3.05) is 20.2 Å². The predicted molar refractivity (Wildman–Crippen MR) is 85.1 cm³/mol. The second-order valence-corrected chi connectivity index (χ2v) is 6.15. The summed E-state index contributed by atoms with van der Waals surface area (Å²) < 4.78 is 5.57. The number of benzene rings is 1. The third-order valence-corrected chi connectivity index (χ3v) is 3.97. The van der Waals surface area contributed by atoms with Gasteiger partial charge in [0, 0.05) is 17.5 Å². The Morgan fingerprint density at radius 2 is 2.29 bits per heavy atom. The van der Waals surface area contributed by atoms with Gasteiger partial charge in [-0.1, -0.05) is 17.7 Å². The number of hydrogen-bond donors (Lipinski definition) is 0. The molecule has 1 heterocycles. The lowest BCUT2D eigenvalue weighted by molar-refractivity contribution is -0.129. The van der Waals surface area contributed by atoms with Crippen LogP contribution in [0.2, 0.25) is 5.02 Å². The number of amides is 1. The molecule has 112 valence electrons. The van der Waals surface area contributed by atoms with Gasteiger partial charge in [-0.15, -0.1) is 11.3 Å². The van der Waals surface area contributed by atoms with Gasteiger partial charge >= 0.3 is 0 Å². The van der Waals surface area contributed by atoms with E-state index in [1.807, 2.05) is 24.4 Å². The van der Waals surface area contributed by atoms with E-state index in [9.17, 15) is 4.79 Å². The molecule has 4 nitrogen and oxygen atoms in total. The van der Waals surface area contributed by atoms with Gasteiger partial charge in [-0.05, 0) is 25.1 Å². The van der Waals surface area contributed by atoms with Gasteiger partial charge < -0.3 is 9.64 Å². The van der Waals surface area contributed by atoms with Crippen LogP contribution in [0.3, 0.4) is 0 Å². The van der Waals surface area contributed by atoms with Crippen LogP contribution in [0, 0.1) is 6.92 Å². The highest BCUT2D eigenvalue weighted by Crippen LogP contribution is 2.17. The Bertz CT molecular complexity index is 615. The average Bonchev–Trinajstić information content (AvgIpc) is 2.84. The van der Waals surface area contributed by atoms with Gasteiger partial charge in [0.1, 0.15) is 12.4 Å². The number of ether oxygens (including phenoxy) is 1. The van der Waals surface area contributed by atoms with Crippen molar-refractivity contribution >= 4 is 28.8 Å². The Balaban J connectivity index is 1.76. The number of aromatic nitrogens is 1. The predicted octanol–water partition coefficient (Wildman–Crippen LogP) is 3.18. The summed E-state index contributed by atoms with van der Waals surface area (Å²) >= 11 is 7.43. The molecular weight excluding hydrogens is 308 g/mol. The first-order valence-electron chi connectivity index (χ1n) is 6.58. The molecule has 0 saturated heterocycles.